The molecule has 0 radical (unpaired) electrons. The molecule has 1 fully saturated rings. The number of benzene rings is 1. The second kappa shape index (κ2) is 8.95. The number of hydrogen-bond acceptors (Lipinski definition) is 7. The first kappa shape index (κ1) is 19.4. The maximum atomic E-state index is 11.9. The van der Waals surface area contributed by atoms with Crippen LogP contribution in [0.4, 0.5) is 0 Å². The first-order chi connectivity index (χ1) is 12.4. The number of nitrogens with one attached hydrogen (secondary N) is 2. The maximum Gasteiger partial charge on any atom is 0.344 e. The van der Waals surface area contributed by atoms with Crippen LogP contribution in [-0.4, -0.2) is 42.7 Å². The molecule has 1 aliphatic heterocycles. The molecule has 2 rings (SSSR count). The summed E-state index contributed by atoms with van der Waals surface area (Å²) in [6.07, 6.45) is 1.41. The average Bonchev–Trinajstić information content (AvgIpc) is 2.58. The number of rotatable bonds is 7. The topological polar surface area (TPSA) is 103 Å². The second-order valence-electron chi connectivity index (χ2n) is 5.03. The lowest BCUT2D eigenvalue weighted by molar-refractivity contribution is -0.145. The third-order valence-electron chi connectivity index (χ3n) is 3.17. The predicted molar refractivity (Wildman–Crippen MR) is 96.6 cm³/mol. The van der Waals surface area contributed by atoms with Crippen molar-refractivity contribution in [2.75, 3.05) is 19.8 Å². The smallest absolute Gasteiger partial charge is 0.344 e. The Morgan fingerprint density at radius 3 is 2.38 bits per heavy atom. The highest BCUT2D eigenvalue weighted by Gasteiger charge is 2.25. The fraction of sp³-hybridized carbons (Fsp3) is 0.294. The normalized spacial score (nSPS) is 13.6. The first-order valence-electron chi connectivity index (χ1n) is 7.88. The van der Waals surface area contributed by atoms with Gasteiger partial charge in [-0.25, -0.2) is 4.79 Å². The molecular weight excluding hydrogens is 360 g/mol. The molecule has 2 amide bonds. The summed E-state index contributed by atoms with van der Waals surface area (Å²) < 4.78 is 15.7. The van der Waals surface area contributed by atoms with E-state index < -0.39 is 17.8 Å². The fourth-order valence-electron chi connectivity index (χ4n) is 2.11. The van der Waals surface area contributed by atoms with E-state index in [4.69, 9.17) is 26.4 Å². The zero-order valence-electron chi connectivity index (χ0n) is 14.3. The lowest BCUT2D eigenvalue weighted by Crippen LogP contribution is -2.51. The van der Waals surface area contributed by atoms with Crippen LogP contribution in [0.1, 0.15) is 19.4 Å². The highest BCUT2D eigenvalue weighted by Crippen LogP contribution is 2.29. The van der Waals surface area contributed by atoms with Crippen molar-refractivity contribution in [3.8, 4) is 11.5 Å². The standard InChI is InChI=1S/C17H18N2O6S/c1-3-23-13-8-10(5-6-12(13)25-9-14(20)24-4-2)7-11-15(21)18-17(26)19-16(11)22/h5-8H,3-4,9H2,1-2H3,(H2,18,19,21,22,26). The Balaban J connectivity index is 2.23. The van der Waals surface area contributed by atoms with Crippen LogP contribution in [0.15, 0.2) is 23.8 Å². The van der Waals surface area contributed by atoms with Gasteiger partial charge in [0.25, 0.3) is 11.8 Å². The number of hydrogen-bond donors (Lipinski definition) is 2. The number of thiocarbonyl (C=S) groups is 1. The van der Waals surface area contributed by atoms with Crippen molar-refractivity contribution in [2.45, 2.75) is 13.8 Å². The molecule has 138 valence electrons. The quantitative estimate of drug-likeness (QED) is 0.315. The number of amides is 2. The average molecular weight is 378 g/mol. The highest BCUT2D eigenvalue weighted by molar-refractivity contribution is 7.80. The van der Waals surface area contributed by atoms with Gasteiger partial charge in [0, 0.05) is 0 Å². The lowest BCUT2D eigenvalue weighted by atomic mass is 10.1. The monoisotopic (exact) mass is 378 g/mol. The molecule has 0 aromatic heterocycles. The van der Waals surface area contributed by atoms with Gasteiger partial charge in [-0.2, -0.15) is 0 Å². The van der Waals surface area contributed by atoms with E-state index in [0.717, 1.165) is 0 Å². The van der Waals surface area contributed by atoms with E-state index in [1.54, 1.807) is 32.0 Å². The van der Waals surface area contributed by atoms with E-state index in [0.29, 0.717) is 23.7 Å². The lowest BCUT2D eigenvalue weighted by Gasteiger charge is -2.16. The van der Waals surface area contributed by atoms with Crippen LogP contribution in [0.25, 0.3) is 6.08 Å². The molecule has 1 saturated heterocycles. The first-order valence-corrected chi connectivity index (χ1v) is 8.29. The number of carbonyl (C=O) groups is 3. The zero-order chi connectivity index (χ0) is 19.1. The van der Waals surface area contributed by atoms with Gasteiger partial charge in [0.05, 0.1) is 13.2 Å². The van der Waals surface area contributed by atoms with Gasteiger partial charge in [-0.1, -0.05) is 6.07 Å². The van der Waals surface area contributed by atoms with Crippen molar-refractivity contribution in [1.29, 1.82) is 0 Å². The van der Waals surface area contributed by atoms with E-state index in [1.807, 2.05) is 0 Å². The van der Waals surface area contributed by atoms with Crippen LogP contribution in [-0.2, 0) is 19.1 Å². The molecule has 9 heteroatoms. The summed E-state index contributed by atoms with van der Waals surface area (Å²) in [6.45, 7) is 3.88. The maximum absolute atomic E-state index is 11.9. The Morgan fingerprint density at radius 1 is 1.08 bits per heavy atom. The van der Waals surface area contributed by atoms with Crippen LogP contribution >= 0.6 is 12.2 Å². The summed E-state index contributed by atoms with van der Waals surface area (Å²) in [4.78, 5) is 35.2. The molecule has 1 heterocycles. The van der Waals surface area contributed by atoms with Gasteiger partial charge in [-0.15, -0.1) is 0 Å². The van der Waals surface area contributed by atoms with Crippen molar-refractivity contribution in [3.05, 3.63) is 29.3 Å². The molecule has 1 aromatic carbocycles. The van der Waals surface area contributed by atoms with E-state index >= 15 is 0 Å². The van der Waals surface area contributed by atoms with Gasteiger partial charge < -0.3 is 14.2 Å². The minimum Gasteiger partial charge on any atom is -0.490 e. The van der Waals surface area contributed by atoms with Gasteiger partial charge in [-0.05, 0) is 49.8 Å². The fourth-order valence-corrected chi connectivity index (χ4v) is 2.30. The Kier molecular flexibility index (Phi) is 6.67. The van der Waals surface area contributed by atoms with Crippen molar-refractivity contribution in [1.82, 2.24) is 10.6 Å². The van der Waals surface area contributed by atoms with E-state index in [2.05, 4.69) is 10.6 Å². The van der Waals surface area contributed by atoms with Gasteiger partial charge in [0.15, 0.2) is 23.2 Å². The molecule has 0 saturated carbocycles. The van der Waals surface area contributed by atoms with Crippen molar-refractivity contribution >= 4 is 41.2 Å². The summed E-state index contributed by atoms with van der Waals surface area (Å²) in [5.74, 6) is -0.939. The molecular formula is C17H18N2O6S. The second-order valence-corrected chi connectivity index (χ2v) is 5.44. The predicted octanol–water partition coefficient (Wildman–Crippen LogP) is 0.941. The number of carbonyl (C=O) groups excluding carboxylic acids is 3. The molecule has 0 spiro atoms. The summed E-state index contributed by atoms with van der Waals surface area (Å²) in [7, 11) is 0. The van der Waals surface area contributed by atoms with Gasteiger partial charge in [0.2, 0.25) is 0 Å². The summed E-state index contributed by atoms with van der Waals surface area (Å²) in [5, 5.41) is 4.69. The van der Waals surface area contributed by atoms with Crippen molar-refractivity contribution in [3.63, 3.8) is 0 Å². The molecule has 0 aliphatic carbocycles. The molecule has 0 atom stereocenters. The van der Waals surface area contributed by atoms with E-state index in [9.17, 15) is 14.4 Å². The molecule has 0 unspecified atom stereocenters. The Morgan fingerprint density at radius 2 is 1.77 bits per heavy atom. The Labute approximate surface area is 155 Å². The van der Waals surface area contributed by atoms with Crippen LogP contribution in [0, 0.1) is 0 Å². The number of ether oxygens (including phenoxy) is 3. The van der Waals surface area contributed by atoms with E-state index in [1.165, 1.54) is 6.08 Å². The minimum absolute atomic E-state index is 0.0325. The van der Waals surface area contributed by atoms with Crippen LogP contribution in [0.3, 0.4) is 0 Å². The highest BCUT2D eigenvalue weighted by atomic mass is 32.1. The van der Waals surface area contributed by atoms with Crippen molar-refractivity contribution in [2.24, 2.45) is 0 Å². The molecule has 8 nitrogen and oxygen atoms in total. The Hall–Kier alpha value is -2.94. The minimum atomic E-state index is -0.584. The molecule has 1 aromatic rings. The summed E-state index contributed by atoms with van der Waals surface area (Å²) in [6, 6.07) is 4.81. The third-order valence-corrected chi connectivity index (χ3v) is 3.38. The van der Waals surface area contributed by atoms with Crippen LogP contribution in [0.5, 0.6) is 11.5 Å². The molecule has 1 aliphatic rings. The molecule has 26 heavy (non-hydrogen) atoms. The SMILES string of the molecule is CCOC(=O)COc1ccc(C=C2C(=O)NC(=S)NC2=O)cc1OCC. The van der Waals surface area contributed by atoms with Gasteiger partial charge in [-0.3, -0.25) is 20.2 Å². The third kappa shape index (κ3) is 5.03. The Bertz CT molecular complexity index is 753. The van der Waals surface area contributed by atoms with Crippen molar-refractivity contribution < 1.29 is 28.6 Å². The summed E-state index contributed by atoms with van der Waals surface area (Å²) >= 11 is 4.75. The largest absolute Gasteiger partial charge is 0.490 e. The van der Waals surface area contributed by atoms with E-state index in [-0.39, 0.29) is 23.9 Å². The molecule has 0 bridgehead atoms. The molecule has 2 N–H and O–H groups in total. The van der Waals surface area contributed by atoms with Crippen LogP contribution < -0.4 is 20.1 Å². The zero-order valence-corrected chi connectivity index (χ0v) is 15.1. The number of esters is 1. The van der Waals surface area contributed by atoms with Gasteiger partial charge in [0.1, 0.15) is 5.57 Å². The summed E-state index contributed by atoms with van der Waals surface area (Å²) in [5.41, 5.74) is 0.464. The van der Waals surface area contributed by atoms with Crippen LogP contribution in [0.2, 0.25) is 0 Å². The van der Waals surface area contributed by atoms with Gasteiger partial charge >= 0.3 is 5.97 Å².